The van der Waals surface area contributed by atoms with Crippen LogP contribution >= 0.6 is 11.8 Å². The lowest BCUT2D eigenvalue weighted by Crippen LogP contribution is -2.47. The number of hydrogen-bond donors (Lipinski definition) is 1. The minimum atomic E-state index is -1.16. The molecule has 32 heavy (non-hydrogen) atoms. The van der Waals surface area contributed by atoms with E-state index in [2.05, 4.69) is 16.6 Å². The van der Waals surface area contributed by atoms with Crippen LogP contribution in [0.5, 0.6) is 0 Å². The number of ether oxygens (including phenoxy) is 1. The molecule has 0 radical (unpaired) electrons. The number of carbonyl (C=O) groups is 1. The van der Waals surface area contributed by atoms with Crippen molar-refractivity contribution >= 4 is 28.7 Å². The highest BCUT2D eigenvalue weighted by atomic mass is 32.2. The zero-order valence-corrected chi connectivity index (χ0v) is 19.1. The van der Waals surface area contributed by atoms with E-state index in [1.165, 1.54) is 37.6 Å². The van der Waals surface area contributed by atoms with Crippen molar-refractivity contribution in [2.45, 2.75) is 37.5 Å². The monoisotopic (exact) mass is 458 g/mol. The Morgan fingerprint density at radius 3 is 2.62 bits per heavy atom. The molecule has 0 saturated heterocycles. The van der Waals surface area contributed by atoms with E-state index in [0.29, 0.717) is 11.1 Å². The van der Waals surface area contributed by atoms with Crippen LogP contribution in [0.1, 0.15) is 38.4 Å². The Labute approximate surface area is 190 Å². The van der Waals surface area contributed by atoms with E-state index in [1.807, 2.05) is 6.07 Å². The average molecular weight is 459 g/mol. The van der Waals surface area contributed by atoms with Gasteiger partial charge in [-0.1, -0.05) is 24.4 Å². The number of carbonyl (C=O) groups excluding carboxylic acids is 1. The maximum atomic E-state index is 14.9. The lowest BCUT2D eigenvalue weighted by Gasteiger charge is -2.39. The smallest absolute Gasteiger partial charge is 0.322 e. The zero-order valence-electron chi connectivity index (χ0n) is 18.3. The summed E-state index contributed by atoms with van der Waals surface area (Å²) in [4.78, 5) is 20.4. The fourth-order valence-corrected chi connectivity index (χ4v) is 4.45. The van der Waals surface area contributed by atoms with Crippen molar-refractivity contribution in [1.82, 2.24) is 4.98 Å². The van der Waals surface area contributed by atoms with Gasteiger partial charge in [0.15, 0.2) is 5.17 Å². The van der Waals surface area contributed by atoms with Crippen molar-refractivity contribution in [3.63, 3.8) is 0 Å². The molecule has 0 spiro atoms. The molecule has 0 aromatic carbocycles. The molecule has 2 rings (SSSR count). The van der Waals surface area contributed by atoms with E-state index in [9.17, 15) is 13.6 Å². The van der Waals surface area contributed by atoms with E-state index in [1.54, 1.807) is 20.8 Å². The van der Waals surface area contributed by atoms with Crippen LogP contribution in [0.4, 0.5) is 8.78 Å². The maximum absolute atomic E-state index is 14.9. The predicted molar refractivity (Wildman–Crippen MR) is 123 cm³/mol. The number of esters is 1. The molecule has 0 fully saturated rings. The Morgan fingerprint density at radius 2 is 2.06 bits per heavy atom. The molecule has 2 heterocycles. The second-order valence-corrected chi connectivity index (χ2v) is 9.19. The summed E-state index contributed by atoms with van der Waals surface area (Å²) in [5.41, 5.74) is 5.58. The van der Waals surface area contributed by atoms with E-state index < -0.39 is 27.9 Å². The highest BCUT2D eigenvalue weighted by Gasteiger charge is 2.48. The van der Waals surface area contributed by atoms with Gasteiger partial charge in [-0.15, -0.1) is 0 Å². The topological polar surface area (TPSA) is 101 Å². The highest BCUT2D eigenvalue weighted by Crippen LogP contribution is 2.45. The molecular formula is C23H24F2N4O2S. The summed E-state index contributed by atoms with van der Waals surface area (Å²) < 4.78 is 33.1. The third-order valence-electron chi connectivity index (χ3n) is 4.91. The van der Waals surface area contributed by atoms with Crippen molar-refractivity contribution < 1.29 is 18.3 Å². The summed E-state index contributed by atoms with van der Waals surface area (Å²) in [5.74, 6) is -1.79. The van der Waals surface area contributed by atoms with Crippen molar-refractivity contribution in [3.8, 4) is 6.07 Å². The van der Waals surface area contributed by atoms with Crippen molar-refractivity contribution in [3.05, 3.63) is 71.4 Å². The molecule has 0 aliphatic carbocycles. The number of nitriles is 1. The van der Waals surface area contributed by atoms with Gasteiger partial charge in [0, 0.05) is 18.2 Å². The maximum Gasteiger partial charge on any atom is 0.322 e. The van der Waals surface area contributed by atoms with E-state index in [4.69, 9.17) is 15.7 Å². The quantitative estimate of drug-likeness (QED) is 0.487. The first-order valence-corrected chi connectivity index (χ1v) is 10.4. The number of pyridine rings is 1. The molecule has 9 heteroatoms. The van der Waals surface area contributed by atoms with Gasteiger partial charge in [0.25, 0.3) is 0 Å². The fourth-order valence-electron chi connectivity index (χ4n) is 3.22. The molecule has 0 saturated carbocycles. The van der Waals surface area contributed by atoms with Gasteiger partial charge in [0.2, 0.25) is 0 Å². The lowest BCUT2D eigenvalue weighted by molar-refractivity contribution is -0.143. The molecule has 1 aromatic rings. The van der Waals surface area contributed by atoms with E-state index >= 15 is 0 Å². The molecule has 2 N–H and O–H groups in total. The number of nitrogens with zero attached hydrogens (tertiary/aromatic N) is 3. The molecule has 168 valence electrons. The fraction of sp³-hybridized carbons (Fsp3) is 0.304. The summed E-state index contributed by atoms with van der Waals surface area (Å²) in [6, 6.07) is 4.75. The van der Waals surface area contributed by atoms with Gasteiger partial charge >= 0.3 is 5.97 Å². The Balaban J connectivity index is 2.24. The first-order valence-electron chi connectivity index (χ1n) is 9.54. The molecule has 0 bridgehead atoms. The standard InChI is InChI=1S/C23H24F2N4O2S/c1-14(10-18(25)19-9-7-16(11-26)12-28-19)6-8-17(24)15(2)22(3)13-23(4,20(30)31-5)32-21(27)29-22/h6-10,12H,2,13H2,1,3-5H3,(H2,27,29)/b14-6+,17-8+,18-10-/t22-,23+/m0/s1. The summed E-state index contributed by atoms with van der Waals surface area (Å²) >= 11 is 1.06. The summed E-state index contributed by atoms with van der Waals surface area (Å²) in [6.07, 6.45) is 5.14. The highest BCUT2D eigenvalue weighted by molar-refractivity contribution is 8.15. The van der Waals surface area contributed by atoms with Gasteiger partial charge in [-0.3, -0.25) is 14.8 Å². The third-order valence-corrected chi connectivity index (χ3v) is 5.97. The normalized spacial score (nSPS) is 24.4. The lowest BCUT2D eigenvalue weighted by atomic mass is 9.83. The van der Waals surface area contributed by atoms with E-state index in [0.717, 1.165) is 17.8 Å². The number of aliphatic imine (C=N–C) groups is 1. The summed E-state index contributed by atoms with van der Waals surface area (Å²) in [7, 11) is 1.27. The van der Waals surface area contributed by atoms with Gasteiger partial charge in [0.1, 0.15) is 22.5 Å². The zero-order chi connectivity index (χ0) is 24.1. The van der Waals surface area contributed by atoms with Crippen molar-refractivity contribution in [2.75, 3.05) is 7.11 Å². The SMILES string of the molecule is C=C(\C(F)=C/C=C(C)/C=C(\F)c1ccc(C#N)cn1)[C@]1(C)C[C@](C)(C(=O)OC)SC(N)=N1. The molecule has 1 aliphatic heterocycles. The van der Waals surface area contributed by atoms with Gasteiger partial charge in [-0.25, -0.2) is 8.78 Å². The number of rotatable bonds is 6. The van der Waals surface area contributed by atoms with Crippen molar-refractivity contribution in [2.24, 2.45) is 10.7 Å². The number of halogens is 2. The van der Waals surface area contributed by atoms with E-state index in [-0.39, 0.29) is 22.9 Å². The Kier molecular flexibility index (Phi) is 7.75. The second kappa shape index (κ2) is 9.92. The minimum absolute atomic E-state index is 0.0399. The molecule has 2 atom stereocenters. The van der Waals surface area contributed by atoms with Gasteiger partial charge in [0.05, 0.1) is 23.9 Å². The Hall–Kier alpha value is -3.25. The number of allylic oxidation sites excluding steroid dienone is 4. The van der Waals surface area contributed by atoms with Gasteiger partial charge in [-0.2, -0.15) is 5.26 Å². The molecular weight excluding hydrogens is 434 g/mol. The van der Waals surface area contributed by atoms with Gasteiger partial charge in [-0.05, 0) is 50.6 Å². The summed E-state index contributed by atoms with van der Waals surface area (Å²) in [6.45, 7) is 8.71. The summed E-state index contributed by atoms with van der Waals surface area (Å²) in [5, 5.41) is 8.91. The first-order chi connectivity index (χ1) is 14.9. The number of nitrogens with two attached hydrogens (primary N) is 1. The van der Waals surface area contributed by atoms with Crippen LogP contribution in [0.2, 0.25) is 0 Å². The van der Waals surface area contributed by atoms with Crippen LogP contribution < -0.4 is 5.73 Å². The van der Waals surface area contributed by atoms with Gasteiger partial charge < -0.3 is 10.5 Å². The largest absolute Gasteiger partial charge is 0.468 e. The number of thioether (sulfide) groups is 1. The van der Waals surface area contributed by atoms with Crippen LogP contribution in [-0.4, -0.2) is 33.5 Å². The van der Waals surface area contributed by atoms with Crippen LogP contribution in [0, 0.1) is 11.3 Å². The predicted octanol–water partition coefficient (Wildman–Crippen LogP) is 4.76. The molecule has 6 nitrogen and oxygen atoms in total. The van der Waals surface area contributed by atoms with Crippen molar-refractivity contribution in [1.29, 1.82) is 5.26 Å². The van der Waals surface area contributed by atoms with Crippen LogP contribution in [0.25, 0.3) is 5.83 Å². The second-order valence-electron chi connectivity index (χ2n) is 7.67. The van der Waals surface area contributed by atoms with Crippen LogP contribution in [0.3, 0.4) is 0 Å². The first kappa shape index (κ1) is 25.0. The number of amidine groups is 1. The minimum Gasteiger partial charge on any atom is -0.468 e. The van der Waals surface area contributed by atoms with Crippen LogP contribution in [-0.2, 0) is 9.53 Å². The number of hydrogen-bond acceptors (Lipinski definition) is 7. The molecule has 0 unspecified atom stereocenters. The average Bonchev–Trinajstić information content (AvgIpc) is 2.75. The molecule has 1 aliphatic rings. The number of aromatic nitrogens is 1. The molecule has 0 amide bonds. The Morgan fingerprint density at radius 1 is 1.38 bits per heavy atom. The number of methoxy groups -OCH3 is 1. The van der Waals surface area contributed by atoms with Crippen LogP contribution in [0.15, 0.2) is 65.1 Å². The Bertz CT molecular complexity index is 1090. The third kappa shape index (κ3) is 5.71. The molecule has 1 aromatic heterocycles.